The van der Waals surface area contributed by atoms with Crippen molar-refractivity contribution in [3.8, 4) is 0 Å². The molecule has 17 heavy (non-hydrogen) atoms. The molecule has 0 aromatic carbocycles. The van der Waals surface area contributed by atoms with E-state index in [9.17, 15) is 9.59 Å². The lowest BCUT2D eigenvalue weighted by molar-refractivity contribution is -0.0301. The molecule has 2 rings (SSSR count). The Morgan fingerprint density at radius 3 is 2.41 bits per heavy atom. The van der Waals surface area contributed by atoms with E-state index in [1.807, 2.05) is 6.92 Å². The lowest BCUT2D eigenvalue weighted by Gasteiger charge is -2.55. The van der Waals surface area contributed by atoms with Crippen molar-refractivity contribution < 1.29 is 9.59 Å². The van der Waals surface area contributed by atoms with Gasteiger partial charge in [0.25, 0.3) is 0 Å². The number of nitrogens with two attached hydrogens (primary N) is 2. The van der Waals surface area contributed by atoms with Crippen LogP contribution in [0, 0.1) is 11.3 Å². The highest BCUT2D eigenvalue weighted by molar-refractivity contribution is 5.74. The Kier molecular flexibility index (Phi) is 2.67. The van der Waals surface area contributed by atoms with E-state index in [1.54, 1.807) is 9.80 Å². The van der Waals surface area contributed by atoms with Gasteiger partial charge in [0.1, 0.15) is 0 Å². The lowest BCUT2D eigenvalue weighted by Crippen LogP contribution is -2.65. The smallest absolute Gasteiger partial charge is 0.315 e. The number of carbonyl (C=O) groups excluding carboxylic acids is 2. The number of piperidine rings is 2. The molecule has 6 heteroatoms. The maximum absolute atomic E-state index is 11.4. The maximum Gasteiger partial charge on any atom is 0.315 e. The Hall–Kier alpha value is -1.46. The van der Waals surface area contributed by atoms with Gasteiger partial charge in [0.05, 0.1) is 0 Å². The van der Waals surface area contributed by atoms with E-state index < -0.39 is 0 Å². The van der Waals surface area contributed by atoms with Crippen LogP contribution in [0.15, 0.2) is 0 Å². The Labute approximate surface area is 101 Å². The molecule has 2 aliphatic rings. The average Bonchev–Trinajstić information content (AvgIpc) is 2.22. The van der Waals surface area contributed by atoms with Crippen molar-refractivity contribution >= 4 is 12.1 Å². The first-order valence-corrected chi connectivity index (χ1v) is 5.94. The third kappa shape index (κ3) is 1.92. The molecule has 0 saturated carbocycles. The van der Waals surface area contributed by atoms with Crippen molar-refractivity contribution in [1.29, 1.82) is 0 Å². The second kappa shape index (κ2) is 3.78. The van der Waals surface area contributed by atoms with E-state index in [2.05, 4.69) is 6.92 Å². The highest BCUT2D eigenvalue weighted by Crippen LogP contribution is 2.42. The summed E-state index contributed by atoms with van der Waals surface area (Å²) in [5.41, 5.74) is 10.6. The number of primary amides is 2. The van der Waals surface area contributed by atoms with Crippen molar-refractivity contribution in [2.45, 2.75) is 26.3 Å². The molecule has 0 radical (unpaired) electrons. The monoisotopic (exact) mass is 240 g/mol. The van der Waals surface area contributed by atoms with E-state index in [0.29, 0.717) is 19.6 Å². The van der Waals surface area contributed by atoms with Gasteiger partial charge in [-0.05, 0) is 19.3 Å². The minimum absolute atomic E-state index is 0.0402. The van der Waals surface area contributed by atoms with Gasteiger partial charge in [-0.15, -0.1) is 0 Å². The zero-order valence-corrected chi connectivity index (χ0v) is 10.3. The van der Waals surface area contributed by atoms with Gasteiger partial charge in [0, 0.05) is 31.1 Å². The number of amides is 4. The van der Waals surface area contributed by atoms with Crippen LogP contribution in [0.5, 0.6) is 0 Å². The van der Waals surface area contributed by atoms with Crippen LogP contribution >= 0.6 is 0 Å². The Balaban J connectivity index is 2.23. The van der Waals surface area contributed by atoms with Crippen molar-refractivity contribution in [2.24, 2.45) is 22.8 Å². The third-order valence-corrected chi connectivity index (χ3v) is 4.31. The molecule has 0 aliphatic carbocycles. The Morgan fingerprint density at radius 2 is 1.88 bits per heavy atom. The molecule has 2 bridgehead atoms. The van der Waals surface area contributed by atoms with Crippen LogP contribution in [-0.2, 0) is 0 Å². The molecular formula is C11H20N4O2. The first kappa shape index (κ1) is 12.0. The van der Waals surface area contributed by atoms with E-state index in [-0.39, 0.29) is 29.4 Å². The number of hydrogen-bond acceptors (Lipinski definition) is 2. The summed E-state index contributed by atoms with van der Waals surface area (Å²) in [4.78, 5) is 26.1. The number of nitrogens with zero attached hydrogens (tertiary/aromatic N) is 2. The molecule has 3 atom stereocenters. The van der Waals surface area contributed by atoms with Crippen LogP contribution in [0.2, 0.25) is 0 Å². The zero-order chi connectivity index (χ0) is 12.8. The van der Waals surface area contributed by atoms with Crippen molar-refractivity contribution in [1.82, 2.24) is 9.80 Å². The molecule has 0 spiro atoms. The van der Waals surface area contributed by atoms with Crippen molar-refractivity contribution in [3.05, 3.63) is 0 Å². The second-order valence-electron chi connectivity index (χ2n) is 5.61. The van der Waals surface area contributed by atoms with E-state index >= 15 is 0 Å². The fourth-order valence-corrected chi connectivity index (χ4v) is 3.29. The van der Waals surface area contributed by atoms with Crippen molar-refractivity contribution in [3.63, 3.8) is 0 Å². The van der Waals surface area contributed by atoms with Crippen LogP contribution in [0.4, 0.5) is 9.59 Å². The molecule has 3 unspecified atom stereocenters. The minimum atomic E-state index is -0.374. The highest BCUT2D eigenvalue weighted by Gasteiger charge is 2.48. The maximum atomic E-state index is 11.4. The van der Waals surface area contributed by atoms with Crippen LogP contribution < -0.4 is 11.5 Å². The van der Waals surface area contributed by atoms with E-state index in [4.69, 9.17) is 11.5 Å². The molecule has 0 aromatic heterocycles. The predicted molar refractivity (Wildman–Crippen MR) is 63.1 cm³/mol. The molecular weight excluding hydrogens is 220 g/mol. The number of rotatable bonds is 0. The molecule has 2 heterocycles. The fraction of sp³-hybridized carbons (Fsp3) is 0.818. The first-order valence-electron chi connectivity index (χ1n) is 5.94. The number of fused-ring (bicyclic) bond motifs is 2. The molecule has 2 aliphatic heterocycles. The largest absolute Gasteiger partial charge is 0.351 e. The summed E-state index contributed by atoms with van der Waals surface area (Å²) < 4.78 is 0. The third-order valence-electron chi connectivity index (χ3n) is 4.31. The topological polar surface area (TPSA) is 92.7 Å². The van der Waals surface area contributed by atoms with Gasteiger partial charge in [0.2, 0.25) is 0 Å². The first-order chi connectivity index (χ1) is 7.83. The summed E-state index contributed by atoms with van der Waals surface area (Å²) in [6.45, 7) is 5.93. The Bertz CT molecular complexity index is 359. The number of urea groups is 2. The highest BCUT2D eigenvalue weighted by atomic mass is 16.2. The van der Waals surface area contributed by atoms with Crippen molar-refractivity contribution in [2.75, 3.05) is 19.6 Å². The molecule has 4 amide bonds. The predicted octanol–water partition coefficient (Wildman–Crippen LogP) is 0.176. The molecule has 6 nitrogen and oxygen atoms in total. The number of carbonyl (C=O) groups is 2. The molecule has 96 valence electrons. The molecule has 4 N–H and O–H groups in total. The average molecular weight is 240 g/mol. The molecule has 0 aromatic rings. The summed E-state index contributed by atoms with van der Waals surface area (Å²) in [5.74, 6) is 0.282. The summed E-state index contributed by atoms with van der Waals surface area (Å²) in [5, 5.41) is 0. The standard InChI is InChI=1S/C11H20N4O2/c1-7-11(2)3-8(5-15(7)10(13)17)4-14(6-11)9(12)16/h7-8H,3-6H2,1-2H3,(H2,12,16)(H2,13,17). The van der Waals surface area contributed by atoms with Gasteiger partial charge in [-0.3, -0.25) is 0 Å². The van der Waals surface area contributed by atoms with E-state index in [0.717, 1.165) is 6.42 Å². The van der Waals surface area contributed by atoms with Crippen LogP contribution in [0.3, 0.4) is 0 Å². The number of hydrogen-bond donors (Lipinski definition) is 2. The number of likely N-dealkylation sites (tertiary alicyclic amines) is 2. The quantitative estimate of drug-likeness (QED) is 0.632. The summed E-state index contributed by atoms with van der Waals surface area (Å²) in [6, 6.07) is -0.708. The van der Waals surface area contributed by atoms with Gasteiger partial charge in [-0.25, -0.2) is 9.59 Å². The van der Waals surface area contributed by atoms with Gasteiger partial charge in [-0.2, -0.15) is 0 Å². The lowest BCUT2D eigenvalue weighted by atomic mass is 9.68. The van der Waals surface area contributed by atoms with Gasteiger partial charge >= 0.3 is 12.1 Å². The minimum Gasteiger partial charge on any atom is -0.351 e. The Morgan fingerprint density at radius 1 is 1.24 bits per heavy atom. The zero-order valence-electron chi connectivity index (χ0n) is 10.3. The van der Waals surface area contributed by atoms with Crippen LogP contribution in [0.1, 0.15) is 20.3 Å². The van der Waals surface area contributed by atoms with E-state index in [1.165, 1.54) is 0 Å². The molecule has 2 fully saturated rings. The summed E-state index contributed by atoms with van der Waals surface area (Å²) >= 11 is 0. The van der Waals surface area contributed by atoms with Crippen LogP contribution in [-0.4, -0.2) is 47.5 Å². The van der Waals surface area contributed by atoms with Gasteiger partial charge in [-0.1, -0.05) is 6.92 Å². The SMILES string of the molecule is CC1N(C(N)=O)CC2CN(C(N)=O)CC1(C)C2. The normalized spacial score (nSPS) is 36.8. The van der Waals surface area contributed by atoms with Gasteiger partial charge in [0.15, 0.2) is 0 Å². The summed E-state index contributed by atoms with van der Waals surface area (Å²) in [6.07, 6.45) is 1.02. The summed E-state index contributed by atoms with van der Waals surface area (Å²) in [7, 11) is 0. The van der Waals surface area contributed by atoms with Gasteiger partial charge < -0.3 is 21.3 Å². The second-order valence-corrected chi connectivity index (χ2v) is 5.61. The molecule has 2 saturated heterocycles. The van der Waals surface area contributed by atoms with Crippen LogP contribution in [0.25, 0.3) is 0 Å². The fourth-order valence-electron chi connectivity index (χ4n) is 3.29.